The lowest BCUT2D eigenvalue weighted by atomic mass is 10.1. The topological polar surface area (TPSA) is 46.3 Å². The number of carbonyl (C=O) groups is 1. The molecule has 1 aromatic carbocycles. The van der Waals surface area contributed by atoms with Gasteiger partial charge in [-0.3, -0.25) is 4.79 Å². The van der Waals surface area contributed by atoms with Crippen LogP contribution in [0.2, 0.25) is 0 Å². The molecule has 4 heteroatoms. The Morgan fingerprint density at radius 3 is 2.93 bits per heavy atom. The first-order chi connectivity index (χ1) is 7.24. The molecule has 1 aromatic rings. The number of hydrogen-bond donors (Lipinski definition) is 1. The molecule has 3 heterocycles. The number of nitrogens with zero attached hydrogens (tertiary/aromatic N) is 1. The highest BCUT2D eigenvalue weighted by Crippen LogP contribution is 2.43. The summed E-state index contributed by atoms with van der Waals surface area (Å²) in [7, 11) is 0. The maximum Gasteiger partial charge on any atom is 0.240 e. The molecule has 4 rings (SSSR count). The quantitative estimate of drug-likeness (QED) is 0.729. The average molecular weight is 220 g/mol. The van der Waals surface area contributed by atoms with E-state index < -0.39 is 0 Å². The first kappa shape index (κ1) is 9.09. The summed E-state index contributed by atoms with van der Waals surface area (Å²) in [5, 5.41) is 0.833. The van der Waals surface area contributed by atoms with E-state index in [0.29, 0.717) is 10.9 Å². The van der Waals surface area contributed by atoms with Crippen LogP contribution < -0.4 is 10.6 Å². The second-order valence-electron chi connectivity index (χ2n) is 4.03. The Bertz CT molecular complexity index is 415. The van der Waals surface area contributed by atoms with E-state index in [0.717, 1.165) is 18.7 Å². The fourth-order valence-electron chi connectivity index (χ4n) is 2.13. The number of rotatable bonds is 1. The number of anilines is 2. The largest absolute Gasteiger partial charge is 0.399 e. The van der Waals surface area contributed by atoms with Crippen LogP contribution in [0.3, 0.4) is 0 Å². The van der Waals surface area contributed by atoms with Gasteiger partial charge in [0.15, 0.2) is 0 Å². The number of thioether (sulfide) groups is 1. The van der Waals surface area contributed by atoms with Gasteiger partial charge in [0.25, 0.3) is 0 Å². The second-order valence-corrected chi connectivity index (χ2v) is 5.53. The summed E-state index contributed by atoms with van der Waals surface area (Å²) in [6.07, 6.45) is 1.06. The molecule has 3 aliphatic heterocycles. The fraction of sp³-hybridized carbons (Fsp3) is 0.364. The van der Waals surface area contributed by atoms with Crippen LogP contribution in [0, 0.1) is 0 Å². The first-order valence-corrected chi connectivity index (χ1v) is 6.01. The number of amides is 1. The minimum Gasteiger partial charge on any atom is -0.399 e. The minimum atomic E-state index is 0.199. The highest BCUT2D eigenvalue weighted by molar-refractivity contribution is 8.02. The fourth-order valence-corrected chi connectivity index (χ4v) is 3.36. The summed E-state index contributed by atoms with van der Waals surface area (Å²) in [6, 6.07) is 7.55. The van der Waals surface area contributed by atoms with Gasteiger partial charge in [-0.15, -0.1) is 11.8 Å². The van der Waals surface area contributed by atoms with Gasteiger partial charge >= 0.3 is 0 Å². The predicted molar refractivity (Wildman–Crippen MR) is 63.0 cm³/mol. The highest BCUT2D eigenvalue weighted by Gasteiger charge is 2.44. The van der Waals surface area contributed by atoms with Crippen molar-refractivity contribution in [3.8, 4) is 0 Å². The molecule has 0 aromatic heterocycles. The number of benzene rings is 1. The third-order valence-electron chi connectivity index (χ3n) is 2.94. The van der Waals surface area contributed by atoms with E-state index in [4.69, 9.17) is 5.73 Å². The third kappa shape index (κ3) is 1.40. The van der Waals surface area contributed by atoms with Crippen molar-refractivity contribution in [2.24, 2.45) is 0 Å². The molecule has 3 aliphatic rings. The molecule has 0 aliphatic carbocycles. The molecule has 15 heavy (non-hydrogen) atoms. The maximum absolute atomic E-state index is 11.9. The third-order valence-corrected chi connectivity index (χ3v) is 4.39. The van der Waals surface area contributed by atoms with Gasteiger partial charge in [-0.2, -0.15) is 0 Å². The molecule has 3 saturated heterocycles. The first-order valence-electron chi connectivity index (χ1n) is 5.06. The molecule has 0 spiro atoms. The van der Waals surface area contributed by atoms with Crippen molar-refractivity contribution in [2.45, 2.75) is 16.9 Å². The average Bonchev–Trinajstić information content (AvgIpc) is 2.16. The lowest BCUT2D eigenvalue weighted by Gasteiger charge is -2.45. The van der Waals surface area contributed by atoms with Gasteiger partial charge in [0.2, 0.25) is 5.91 Å². The van der Waals surface area contributed by atoms with Crippen molar-refractivity contribution in [1.29, 1.82) is 0 Å². The van der Waals surface area contributed by atoms with Gasteiger partial charge in [0.05, 0.1) is 5.25 Å². The minimum absolute atomic E-state index is 0.199. The van der Waals surface area contributed by atoms with Crippen molar-refractivity contribution in [2.75, 3.05) is 17.2 Å². The molecule has 2 N–H and O–H groups in total. The van der Waals surface area contributed by atoms with Gasteiger partial charge in [-0.25, -0.2) is 0 Å². The highest BCUT2D eigenvalue weighted by atomic mass is 32.2. The normalized spacial score (nSPS) is 28.8. The van der Waals surface area contributed by atoms with E-state index >= 15 is 0 Å². The number of nitrogen functional groups attached to an aromatic ring is 1. The lowest BCUT2D eigenvalue weighted by Crippen LogP contribution is -2.55. The van der Waals surface area contributed by atoms with Crippen molar-refractivity contribution >= 4 is 29.0 Å². The Morgan fingerprint density at radius 1 is 1.47 bits per heavy atom. The van der Waals surface area contributed by atoms with Gasteiger partial charge in [0, 0.05) is 23.2 Å². The summed E-state index contributed by atoms with van der Waals surface area (Å²) in [4.78, 5) is 13.8. The zero-order valence-electron chi connectivity index (χ0n) is 8.22. The second kappa shape index (κ2) is 3.17. The molecular weight excluding hydrogens is 208 g/mol. The van der Waals surface area contributed by atoms with Crippen LogP contribution >= 0.6 is 11.8 Å². The zero-order chi connectivity index (χ0) is 10.4. The summed E-state index contributed by atoms with van der Waals surface area (Å²) in [5.41, 5.74) is 7.37. The number of carbonyl (C=O) groups excluding carboxylic acids is 1. The standard InChI is InChI=1S/C11H12N2OS/c12-7-2-1-3-8(4-7)13-6-9-5-10(15-9)11(13)14/h1-4,9-10H,5-6,12H2. The number of piperidine rings is 1. The lowest BCUT2D eigenvalue weighted by molar-refractivity contribution is -0.119. The molecule has 3 fully saturated rings. The monoisotopic (exact) mass is 220 g/mol. The Hall–Kier alpha value is -1.16. The van der Waals surface area contributed by atoms with Crippen molar-refractivity contribution in [3.63, 3.8) is 0 Å². The Balaban J connectivity index is 1.91. The van der Waals surface area contributed by atoms with E-state index in [-0.39, 0.29) is 11.2 Å². The number of nitrogens with two attached hydrogens (primary N) is 1. The van der Waals surface area contributed by atoms with E-state index in [1.807, 2.05) is 29.2 Å². The van der Waals surface area contributed by atoms with Crippen LogP contribution in [-0.4, -0.2) is 23.0 Å². The SMILES string of the molecule is Nc1cccc(N2CC3CC(S3)C2=O)c1. The smallest absolute Gasteiger partial charge is 0.240 e. The Kier molecular flexibility index (Phi) is 1.92. The summed E-state index contributed by atoms with van der Waals surface area (Å²) < 4.78 is 0. The van der Waals surface area contributed by atoms with Gasteiger partial charge in [0.1, 0.15) is 0 Å². The van der Waals surface area contributed by atoms with E-state index in [2.05, 4.69) is 0 Å². The molecule has 0 saturated carbocycles. The van der Waals surface area contributed by atoms with Crippen LogP contribution in [0.1, 0.15) is 6.42 Å². The molecule has 2 unspecified atom stereocenters. The molecule has 0 radical (unpaired) electrons. The van der Waals surface area contributed by atoms with Crippen LogP contribution in [0.25, 0.3) is 0 Å². The summed E-state index contributed by atoms with van der Waals surface area (Å²) in [6.45, 7) is 0.837. The molecule has 2 bridgehead atoms. The summed E-state index contributed by atoms with van der Waals surface area (Å²) in [5.74, 6) is 0.244. The van der Waals surface area contributed by atoms with Gasteiger partial charge in [-0.1, -0.05) is 6.07 Å². The molecule has 2 atom stereocenters. The van der Waals surface area contributed by atoms with E-state index in [1.165, 1.54) is 0 Å². The number of fused-ring (bicyclic) bond motifs is 2. The molecule has 1 amide bonds. The van der Waals surface area contributed by atoms with Crippen LogP contribution in [0.15, 0.2) is 24.3 Å². The van der Waals surface area contributed by atoms with Crippen molar-refractivity contribution in [1.82, 2.24) is 0 Å². The zero-order valence-corrected chi connectivity index (χ0v) is 9.04. The molecule has 78 valence electrons. The Labute approximate surface area is 92.6 Å². The van der Waals surface area contributed by atoms with E-state index in [9.17, 15) is 4.79 Å². The Morgan fingerprint density at radius 2 is 2.27 bits per heavy atom. The van der Waals surface area contributed by atoms with Crippen LogP contribution in [0.5, 0.6) is 0 Å². The number of hydrogen-bond acceptors (Lipinski definition) is 3. The van der Waals surface area contributed by atoms with E-state index in [1.54, 1.807) is 11.8 Å². The van der Waals surface area contributed by atoms with Crippen LogP contribution in [0.4, 0.5) is 11.4 Å². The summed E-state index contributed by atoms with van der Waals surface area (Å²) >= 11 is 1.80. The van der Waals surface area contributed by atoms with Crippen LogP contribution in [-0.2, 0) is 4.79 Å². The molecular formula is C11H12N2OS. The predicted octanol–water partition coefficient (Wildman–Crippen LogP) is 1.49. The molecule has 3 nitrogen and oxygen atoms in total. The van der Waals surface area contributed by atoms with Crippen molar-refractivity contribution in [3.05, 3.63) is 24.3 Å². The van der Waals surface area contributed by atoms with Gasteiger partial charge < -0.3 is 10.6 Å². The van der Waals surface area contributed by atoms with Crippen molar-refractivity contribution < 1.29 is 4.79 Å². The van der Waals surface area contributed by atoms with Gasteiger partial charge in [-0.05, 0) is 24.6 Å². The maximum atomic E-state index is 11.9.